The Bertz CT molecular complexity index is 605. The maximum atomic E-state index is 11.4. The zero-order valence-electron chi connectivity index (χ0n) is 14.6. The highest BCUT2D eigenvalue weighted by molar-refractivity contribution is 9.10. The molecule has 7 atom stereocenters. The first-order chi connectivity index (χ1) is 10.9. The van der Waals surface area contributed by atoms with Crippen LogP contribution in [0.25, 0.3) is 0 Å². The van der Waals surface area contributed by atoms with E-state index >= 15 is 0 Å². The molecule has 0 radical (unpaired) electrons. The van der Waals surface area contributed by atoms with Gasteiger partial charge < -0.3 is 5.11 Å². The highest BCUT2D eigenvalue weighted by Gasteiger charge is 2.66. The fraction of sp³-hybridized carbons (Fsp3) is 0.714. The van der Waals surface area contributed by atoms with Gasteiger partial charge in [-0.15, -0.1) is 0 Å². The molecule has 0 heterocycles. The van der Waals surface area contributed by atoms with E-state index in [1.54, 1.807) is 0 Å². The molecule has 23 heavy (non-hydrogen) atoms. The van der Waals surface area contributed by atoms with Crippen molar-refractivity contribution < 1.29 is 5.11 Å². The zero-order valence-corrected chi connectivity index (χ0v) is 16.1. The average Bonchev–Trinajstić information content (AvgIpc) is 2.84. The van der Waals surface area contributed by atoms with Crippen LogP contribution in [0.15, 0.2) is 36.0 Å². The molecule has 2 fully saturated rings. The van der Waals surface area contributed by atoms with E-state index in [0.29, 0.717) is 11.8 Å². The van der Waals surface area contributed by atoms with Crippen LogP contribution in [0.2, 0.25) is 0 Å². The summed E-state index contributed by atoms with van der Waals surface area (Å²) in [6.07, 6.45) is 17.3. The van der Waals surface area contributed by atoms with Crippen LogP contribution in [-0.2, 0) is 0 Å². The molecule has 0 saturated heterocycles. The third-order valence-corrected chi connectivity index (χ3v) is 9.82. The first-order valence-corrected chi connectivity index (χ1v) is 10.1. The lowest BCUT2D eigenvalue weighted by atomic mass is 9.48. The number of fused-ring (bicyclic) bond motifs is 5. The Morgan fingerprint density at radius 1 is 1.30 bits per heavy atom. The highest BCUT2D eigenvalue weighted by atomic mass is 79.9. The van der Waals surface area contributed by atoms with Crippen molar-refractivity contribution >= 4 is 15.9 Å². The number of aliphatic hydroxyl groups excluding tert-OH is 1. The van der Waals surface area contributed by atoms with E-state index in [-0.39, 0.29) is 21.3 Å². The summed E-state index contributed by atoms with van der Waals surface area (Å²) in [4.78, 5) is 0. The second-order valence-electron chi connectivity index (χ2n) is 8.67. The van der Waals surface area contributed by atoms with Crippen molar-refractivity contribution in [2.75, 3.05) is 0 Å². The Balaban J connectivity index is 1.85. The van der Waals surface area contributed by atoms with E-state index < -0.39 is 0 Å². The normalized spacial score (nSPS) is 54.2. The van der Waals surface area contributed by atoms with E-state index in [4.69, 9.17) is 0 Å². The van der Waals surface area contributed by atoms with Crippen molar-refractivity contribution in [1.29, 1.82) is 0 Å². The summed E-state index contributed by atoms with van der Waals surface area (Å²) in [5, 5.41) is 11.4. The number of rotatable bonds is 1. The first-order valence-electron chi connectivity index (χ1n) is 9.31. The van der Waals surface area contributed by atoms with E-state index in [0.717, 1.165) is 18.8 Å². The van der Waals surface area contributed by atoms with Crippen molar-refractivity contribution in [2.24, 2.45) is 28.6 Å². The van der Waals surface area contributed by atoms with Gasteiger partial charge in [0.1, 0.15) is 0 Å². The summed E-state index contributed by atoms with van der Waals surface area (Å²) >= 11 is 4.15. The summed E-state index contributed by atoms with van der Waals surface area (Å²) in [6.45, 7) is 7.09. The van der Waals surface area contributed by atoms with Crippen LogP contribution in [0.4, 0.5) is 0 Å². The lowest BCUT2D eigenvalue weighted by molar-refractivity contribution is -0.0685. The van der Waals surface area contributed by atoms with Crippen LogP contribution in [0.5, 0.6) is 0 Å². The van der Waals surface area contributed by atoms with E-state index in [1.807, 2.05) is 0 Å². The minimum atomic E-state index is -0.304. The number of allylic oxidation sites excluding steroid dienone is 6. The maximum Gasteiger partial charge on any atom is 0.0716 e. The summed E-state index contributed by atoms with van der Waals surface area (Å²) in [6, 6.07) is 0. The molecule has 0 spiro atoms. The van der Waals surface area contributed by atoms with Crippen LogP contribution in [0, 0.1) is 28.6 Å². The minimum absolute atomic E-state index is 0.101. The lowest BCUT2D eigenvalue weighted by Gasteiger charge is -2.62. The average molecular weight is 377 g/mol. The SMILES string of the molecule is CC[C@H]1CC[C@H]2[C@@H]3C=CC4=CCC=C[C@]4(C)[C@@]3(Br)C(O)C[C@]12C. The van der Waals surface area contributed by atoms with Crippen molar-refractivity contribution in [3.05, 3.63) is 36.0 Å². The molecule has 1 nitrogen and oxygen atoms in total. The Morgan fingerprint density at radius 3 is 2.83 bits per heavy atom. The summed E-state index contributed by atoms with van der Waals surface area (Å²) < 4.78 is -0.260. The zero-order chi connectivity index (χ0) is 16.5. The second-order valence-corrected chi connectivity index (χ2v) is 9.98. The molecular formula is C21H29BrO. The van der Waals surface area contributed by atoms with E-state index in [9.17, 15) is 5.11 Å². The number of hydrogen-bond acceptors (Lipinski definition) is 1. The predicted molar refractivity (Wildman–Crippen MR) is 99.5 cm³/mol. The van der Waals surface area contributed by atoms with Gasteiger partial charge in [0, 0.05) is 5.41 Å². The molecule has 0 bridgehead atoms. The van der Waals surface area contributed by atoms with Gasteiger partial charge in [-0.1, -0.05) is 73.5 Å². The molecule has 0 aromatic heterocycles. The molecule has 4 aliphatic carbocycles. The number of hydrogen-bond donors (Lipinski definition) is 1. The molecule has 0 aromatic carbocycles. The third kappa shape index (κ3) is 1.83. The molecule has 4 rings (SSSR count). The van der Waals surface area contributed by atoms with Gasteiger partial charge in [-0.3, -0.25) is 0 Å². The maximum absolute atomic E-state index is 11.4. The standard InChI is InChI=1S/C21H29BrO/c1-4-14-8-10-16-17-11-9-15-7-5-6-12-20(15,3)21(17,22)18(23)13-19(14,16)2/h6-7,9,11-12,14,16-18,23H,4-5,8,10,13H2,1-3H3/t14-,16-,17-,18?,19+,20-,21-/m0/s1. The van der Waals surface area contributed by atoms with Crippen LogP contribution < -0.4 is 0 Å². The van der Waals surface area contributed by atoms with Crippen LogP contribution >= 0.6 is 15.9 Å². The number of halogens is 1. The Morgan fingerprint density at radius 2 is 2.09 bits per heavy atom. The van der Waals surface area contributed by atoms with Crippen molar-refractivity contribution in [2.45, 2.75) is 63.3 Å². The Hall–Kier alpha value is -0.340. The minimum Gasteiger partial charge on any atom is -0.392 e. The van der Waals surface area contributed by atoms with E-state index in [1.165, 1.54) is 24.8 Å². The monoisotopic (exact) mass is 376 g/mol. The fourth-order valence-electron chi connectivity index (χ4n) is 6.57. The predicted octanol–water partition coefficient (Wildman–Crippen LogP) is 5.41. The topological polar surface area (TPSA) is 20.2 Å². The summed E-state index contributed by atoms with van der Waals surface area (Å²) in [5.74, 6) is 1.86. The summed E-state index contributed by atoms with van der Waals surface area (Å²) in [7, 11) is 0. The Kier molecular flexibility index (Phi) is 3.57. The van der Waals surface area contributed by atoms with Crippen molar-refractivity contribution in [3.8, 4) is 0 Å². The van der Waals surface area contributed by atoms with Crippen LogP contribution in [0.3, 0.4) is 0 Å². The molecule has 0 aliphatic heterocycles. The Labute approximate surface area is 149 Å². The quantitative estimate of drug-likeness (QED) is 0.479. The molecular weight excluding hydrogens is 348 g/mol. The fourth-order valence-corrected chi connectivity index (χ4v) is 7.57. The van der Waals surface area contributed by atoms with Gasteiger partial charge in [-0.2, -0.15) is 0 Å². The second kappa shape index (κ2) is 5.08. The third-order valence-electron chi connectivity index (χ3n) is 7.94. The van der Waals surface area contributed by atoms with Gasteiger partial charge in [-0.05, 0) is 54.4 Å². The lowest BCUT2D eigenvalue weighted by Crippen LogP contribution is -2.64. The molecule has 0 amide bonds. The number of aliphatic hydroxyl groups is 1. The molecule has 0 aromatic rings. The number of alkyl halides is 1. The van der Waals surface area contributed by atoms with Gasteiger partial charge in [0.15, 0.2) is 0 Å². The first kappa shape index (κ1) is 16.1. The molecule has 2 saturated carbocycles. The van der Waals surface area contributed by atoms with Gasteiger partial charge in [0.2, 0.25) is 0 Å². The molecule has 1 N–H and O–H groups in total. The van der Waals surface area contributed by atoms with Gasteiger partial charge >= 0.3 is 0 Å². The van der Waals surface area contributed by atoms with Gasteiger partial charge in [-0.25, -0.2) is 0 Å². The molecule has 2 heteroatoms. The highest BCUT2D eigenvalue weighted by Crippen LogP contribution is 2.69. The van der Waals surface area contributed by atoms with Gasteiger partial charge in [0.25, 0.3) is 0 Å². The van der Waals surface area contributed by atoms with E-state index in [2.05, 4.69) is 67.1 Å². The molecule has 1 unspecified atom stereocenters. The summed E-state index contributed by atoms with van der Waals surface area (Å²) in [5.41, 5.74) is 1.56. The molecule has 4 aliphatic rings. The molecule has 126 valence electrons. The van der Waals surface area contributed by atoms with Crippen molar-refractivity contribution in [3.63, 3.8) is 0 Å². The largest absolute Gasteiger partial charge is 0.392 e. The van der Waals surface area contributed by atoms with Crippen LogP contribution in [-0.4, -0.2) is 15.5 Å². The van der Waals surface area contributed by atoms with Crippen LogP contribution in [0.1, 0.15) is 52.9 Å². The van der Waals surface area contributed by atoms with Gasteiger partial charge in [0.05, 0.1) is 10.4 Å². The smallest absolute Gasteiger partial charge is 0.0716 e. The van der Waals surface area contributed by atoms with Crippen molar-refractivity contribution in [1.82, 2.24) is 0 Å².